The van der Waals surface area contributed by atoms with Crippen molar-refractivity contribution in [1.29, 1.82) is 0 Å². The highest BCUT2D eigenvalue weighted by molar-refractivity contribution is 7.26. The van der Waals surface area contributed by atoms with Gasteiger partial charge in [0.25, 0.3) is 0 Å². The Morgan fingerprint density at radius 1 is 0.932 bits per heavy atom. The van der Waals surface area contributed by atoms with Gasteiger partial charge in [-0.3, -0.25) is 14.5 Å². The van der Waals surface area contributed by atoms with E-state index >= 15 is 0 Å². The van der Waals surface area contributed by atoms with Crippen LogP contribution < -0.4 is 15.6 Å². The number of nitrogens with one attached hydrogen (secondary N) is 1. The maximum atomic E-state index is 13.5. The first-order valence-corrected chi connectivity index (χ1v) is 16.7. The molecule has 3 aromatic carbocycles. The zero-order chi connectivity index (χ0) is 30.3. The van der Waals surface area contributed by atoms with Crippen molar-refractivity contribution < 1.29 is 13.9 Å². The fourth-order valence-corrected chi connectivity index (χ4v) is 7.76. The number of thiophene rings is 1. The number of hydrogen-bond acceptors (Lipinski definition) is 7. The number of para-hydroxylation sites is 1. The number of anilines is 2. The lowest BCUT2D eigenvalue weighted by molar-refractivity contribution is -0.122. The summed E-state index contributed by atoms with van der Waals surface area (Å²) in [6.07, 6.45) is 3.81. The molecule has 2 aromatic heterocycles. The number of benzene rings is 3. The molecule has 1 saturated heterocycles. The SMILES string of the molecule is CCCN(CCC)c1cc(=O)c2cccc(-c3cccc4c3sc3ccc(NC(=O)C5(CN6CCOCC6)CC5)cc34)c2o1. The van der Waals surface area contributed by atoms with Crippen LogP contribution in [0.25, 0.3) is 42.3 Å². The van der Waals surface area contributed by atoms with Crippen molar-refractivity contribution in [3.05, 3.63) is 70.9 Å². The molecule has 0 unspecified atom stereocenters. The van der Waals surface area contributed by atoms with Gasteiger partial charge in [-0.1, -0.05) is 44.2 Å². The Morgan fingerprint density at radius 2 is 1.66 bits per heavy atom. The molecule has 0 spiro atoms. The first-order valence-electron chi connectivity index (χ1n) is 15.9. The Balaban J connectivity index is 1.24. The van der Waals surface area contributed by atoms with Gasteiger partial charge in [0.15, 0.2) is 11.3 Å². The zero-order valence-corrected chi connectivity index (χ0v) is 26.3. The third-order valence-corrected chi connectivity index (χ3v) is 10.3. The lowest BCUT2D eigenvalue weighted by atomic mass is 10.00. The van der Waals surface area contributed by atoms with Gasteiger partial charge in [0.2, 0.25) is 5.91 Å². The van der Waals surface area contributed by atoms with Crippen molar-refractivity contribution >= 4 is 60.0 Å². The number of carbonyl (C=O) groups excluding carboxylic acids is 1. The monoisotopic (exact) mass is 609 g/mol. The lowest BCUT2D eigenvalue weighted by Crippen LogP contribution is -2.43. The van der Waals surface area contributed by atoms with Crippen LogP contribution in [-0.2, 0) is 9.53 Å². The quantitative estimate of drug-likeness (QED) is 0.177. The summed E-state index contributed by atoms with van der Waals surface area (Å²) in [4.78, 5) is 31.3. The van der Waals surface area contributed by atoms with E-state index < -0.39 is 0 Å². The molecule has 2 aliphatic rings. The molecule has 1 saturated carbocycles. The number of hydrogen-bond donors (Lipinski definition) is 1. The Morgan fingerprint density at radius 3 is 2.39 bits per heavy atom. The molecule has 5 aromatic rings. The molecular weight excluding hydrogens is 570 g/mol. The summed E-state index contributed by atoms with van der Waals surface area (Å²) >= 11 is 1.73. The van der Waals surface area contributed by atoms with Gasteiger partial charge >= 0.3 is 0 Å². The average Bonchev–Trinajstić information content (AvgIpc) is 3.73. The number of carbonyl (C=O) groups is 1. The van der Waals surface area contributed by atoms with Gasteiger partial charge < -0.3 is 19.4 Å². The van der Waals surface area contributed by atoms with E-state index in [1.165, 1.54) is 0 Å². The molecule has 1 aliphatic heterocycles. The fraction of sp³-hybridized carbons (Fsp3) is 0.389. The van der Waals surface area contributed by atoms with Crippen molar-refractivity contribution in [1.82, 2.24) is 4.90 Å². The normalized spacial score (nSPS) is 16.5. The second-order valence-corrected chi connectivity index (χ2v) is 13.3. The second kappa shape index (κ2) is 12.0. The third kappa shape index (κ3) is 5.40. The summed E-state index contributed by atoms with van der Waals surface area (Å²) in [6, 6.07) is 20.0. The van der Waals surface area contributed by atoms with Crippen LogP contribution >= 0.6 is 11.3 Å². The maximum Gasteiger partial charge on any atom is 0.231 e. The van der Waals surface area contributed by atoms with E-state index in [-0.39, 0.29) is 16.8 Å². The topological polar surface area (TPSA) is 75.0 Å². The zero-order valence-electron chi connectivity index (χ0n) is 25.5. The first kappa shape index (κ1) is 29.0. The van der Waals surface area contributed by atoms with Gasteiger partial charge in [-0.05, 0) is 49.9 Å². The lowest BCUT2D eigenvalue weighted by Gasteiger charge is -2.30. The summed E-state index contributed by atoms with van der Waals surface area (Å²) in [5, 5.41) is 6.08. The van der Waals surface area contributed by atoms with Crippen molar-refractivity contribution in [2.75, 3.05) is 56.2 Å². The van der Waals surface area contributed by atoms with Crippen LogP contribution in [0.3, 0.4) is 0 Å². The third-order valence-electron chi connectivity index (χ3n) is 9.05. The molecule has 0 atom stereocenters. The minimum absolute atomic E-state index is 0.0220. The molecule has 7 nitrogen and oxygen atoms in total. The number of ether oxygens (including phenoxy) is 1. The first-order chi connectivity index (χ1) is 21.5. The van der Waals surface area contributed by atoms with Crippen LogP contribution in [0.2, 0.25) is 0 Å². The van der Waals surface area contributed by atoms with Gasteiger partial charge in [0, 0.05) is 75.8 Å². The van der Waals surface area contributed by atoms with Gasteiger partial charge in [0.05, 0.1) is 24.0 Å². The van der Waals surface area contributed by atoms with E-state index in [0.717, 1.165) is 109 Å². The Hall–Kier alpha value is -3.72. The highest BCUT2D eigenvalue weighted by atomic mass is 32.1. The minimum atomic E-state index is -0.294. The standard InChI is InChI=1S/C36H39N3O4S/c1-3-15-39(16-4-2)32-22-30(40)28-10-5-7-25(33(28)43-32)26-8-6-9-27-29-21-24(11-12-31(29)44-34(26)27)37-35(41)36(13-14-36)23-38-17-19-42-20-18-38/h5-12,21-22H,3-4,13-20,23H2,1-2H3,(H,37,41). The molecule has 7 rings (SSSR count). The van der Waals surface area contributed by atoms with Crippen molar-refractivity contribution in [3.63, 3.8) is 0 Å². The van der Waals surface area contributed by atoms with Crippen LogP contribution in [-0.4, -0.2) is 56.7 Å². The van der Waals surface area contributed by atoms with E-state index in [1.54, 1.807) is 17.4 Å². The number of nitrogens with zero attached hydrogens (tertiary/aromatic N) is 2. The number of amides is 1. The molecule has 228 valence electrons. The molecule has 2 fully saturated rings. The molecule has 1 aliphatic carbocycles. The van der Waals surface area contributed by atoms with Crippen LogP contribution in [0, 0.1) is 5.41 Å². The largest absolute Gasteiger partial charge is 0.440 e. The van der Waals surface area contributed by atoms with Crippen LogP contribution in [0.1, 0.15) is 39.5 Å². The summed E-state index contributed by atoms with van der Waals surface area (Å²) < 4.78 is 14.3. The molecular formula is C36H39N3O4S. The Kier molecular flexibility index (Phi) is 7.91. The molecule has 0 bridgehead atoms. The van der Waals surface area contributed by atoms with Crippen molar-refractivity contribution in [2.24, 2.45) is 5.41 Å². The molecule has 0 radical (unpaired) electrons. The molecule has 8 heteroatoms. The maximum absolute atomic E-state index is 13.5. The minimum Gasteiger partial charge on any atom is -0.440 e. The average molecular weight is 610 g/mol. The summed E-state index contributed by atoms with van der Waals surface area (Å²) in [6.45, 7) is 10.0. The van der Waals surface area contributed by atoms with Gasteiger partial charge in [-0.25, -0.2) is 0 Å². The Labute approximate surface area is 261 Å². The predicted molar refractivity (Wildman–Crippen MR) is 181 cm³/mol. The van der Waals surface area contributed by atoms with Gasteiger partial charge in [0.1, 0.15) is 5.58 Å². The Bertz CT molecular complexity index is 1890. The summed E-state index contributed by atoms with van der Waals surface area (Å²) in [7, 11) is 0. The van der Waals surface area contributed by atoms with E-state index in [9.17, 15) is 9.59 Å². The highest BCUT2D eigenvalue weighted by Crippen LogP contribution is 2.48. The van der Waals surface area contributed by atoms with E-state index in [1.807, 2.05) is 24.3 Å². The number of rotatable bonds is 10. The second-order valence-electron chi connectivity index (χ2n) is 12.2. The molecule has 1 N–H and O–H groups in total. The van der Waals surface area contributed by atoms with E-state index in [0.29, 0.717) is 16.9 Å². The molecule has 44 heavy (non-hydrogen) atoms. The fourth-order valence-electron chi connectivity index (χ4n) is 6.55. The number of fused-ring (bicyclic) bond motifs is 4. The van der Waals surface area contributed by atoms with E-state index in [2.05, 4.69) is 59.3 Å². The number of morpholine rings is 1. The smallest absolute Gasteiger partial charge is 0.231 e. The van der Waals surface area contributed by atoms with Gasteiger partial charge in [-0.2, -0.15) is 0 Å². The van der Waals surface area contributed by atoms with Crippen LogP contribution in [0.15, 0.2) is 69.9 Å². The van der Waals surface area contributed by atoms with Crippen LogP contribution in [0.4, 0.5) is 11.6 Å². The van der Waals surface area contributed by atoms with Crippen molar-refractivity contribution in [3.8, 4) is 11.1 Å². The predicted octanol–water partition coefficient (Wildman–Crippen LogP) is 7.51. The van der Waals surface area contributed by atoms with Crippen LogP contribution in [0.5, 0.6) is 0 Å². The van der Waals surface area contributed by atoms with Crippen molar-refractivity contribution in [2.45, 2.75) is 39.5 Å². The van der Waals surface area contributed by atoms with Gasteiger partial charge in [-0.15, -0.1) is 11.3 Å². The summed E-state index contributed by atoms with van der Waals surface area (Å²) in [5.74, 6) is 0.745. The summed E-state index contributed by atoms with van der Waals surface area (Å²) in [5.41, 5.74) is 3.09. The highest BCUT2D eigenvalue weighted by Gasteiger charge is 2.50. The molecule has 1 amide bonds. The van der Waals surface area contributed by atoms with E-state index in [4.69, 9.17) is 9.15 Å². The molecule has 3 heterocycles.